The van der Waals surface area contributed by atoms with Crippen molar-refractivity contribution >= 4 is 8.80 Å². The molecule has 1 aromatic rings. The van der Waals surface area contributed by atoms with E-state index in [4.69, 9.17) is 8.85 Å². The molecule has 3 nitrogen and oxygen atoms in total. The number of benzene rings is 1. The Morgan fingerprint density at radius 1 is 0.846 bits per heavy atom. The first-order valence-electron chi connectivity index (χ1n) is 8.20. The fraction of sp³-hybridized carbons (Fsp3) is 0.625. The molecule has 0 unspecified atom stereocenters. The van der Waals surface area contributed by atoms with Gasteiger partial charge in [-0.15, -0.1) is 0 Å². The molecule has 0 saturated heterocycles. The number of rotatable bonds is 9. The third-order valence-electron chi connectivity index (χ3n) is 3.60. The van der Waals surface area contributed by atoms with Crippen molar-refractivity contribution in [2.45, 2.75) is 51.5 Å². The molecule has 1 N–H and O–H groups in total. The van der Waals surface area contributed by atoms with E-state index >= 15 is 0 Å². The lowest BCUT2D eigenvalue weighted by Crippen LogP contribution is -2.42. The standard InChI is InChI=1S/C16H22F6O3Si/c1-3-24-26(23,25-4-2)8-6-5-7-12-9-13(15(17,18)19)11-14(10-12)16(20,21)22/h9-11,23H,3-8H2,1-2H3. The quantitative estimate of drug-likeness (QED) is 0.356. The number of hydrogen-bond donors (Lipinski definition) is 1. The Hall–Kier alpha value is -1.10. The summed E-state index contributed by atoms with van der Waals surface area (Å²) in [6.45, 7) is 3.90. The molecule has 0 bridgehead atoms. The molecule has 0 saturated carbocycles. The van der Waals surface area contributed by atoms with Gasteiger partial charge in [0.2, 0.25) is 0 Å². The Balaban J connectivity index is 2.80. The zero-order chi connectivity index (χ0) is 20.0. The molecule has 0 spiro atoms. The maximum atomic E-state index is 12.8. The van der Waals surface area contributed by atoms with Crippen LogP contribution in [-0.4, -0.2) is 26.8 Å². The Labute approximate surface area is 149 Å². The van der Waals surface area contributed by atoms with E-state index in [9.17, 15) is 31.1 Å². The second kappa shape index (κ2) is 9.20. The molecule has 0 amide bonds. The van der Waals surface area contributed by atoms with Crippen LogP contribution in [-0.2, 0) is 27.6 Å². The molecule has 10 heteroatoms. The zero-order valence-corrected chi connectivity index (χ0v) is 15.5. The number of alkyl halides is 6. The molecule has 1 aromatic carbocycles. The van der Waals surface area contributed by atoms with E-state index in [-0.39, 0.29) is 37.3 Å². The molecule has 0 radical (unpaired) electrons. The van der Waals surface area contributed by atoms with Crippen LogP contribution in [0.1, 0.15) is 43.4 Å². The predicted octanol–water partition coefficient (Wildman–Crippen LogP) is 5.05. The van der Waals surface area contributed by atoms with E-state index in [2.05, 4.69) is 0 Å². The Kier molecular flexibility index (Phi) is 8.12. The van der Waals surface area contributed by atoms with Crippen LogP contribution in [0.2, 0.25) is 6.04 Å². The van der Waals surface area contributed by atoms with E-state index < -0.39 is 32.3 Å². The lowest BCUT2D eigenvalue weighted by atomic mass is 10.0. The normalized spacial score (nSPS) is 13.3. The number of aryl methyl sites for hydroxylation is 1. The summed E-state index contributed by atoms with van der Waals surface area (Å²) in [5.74, 6) is 0. The van der Waals surface area contributed by atoms with Gasteiger partial charge in [0, 0.05) is 19.3 Å². The lowest BCUT2D eigenvalue weighted by molar-refractivity contribution is -0.143. The highest BCUT2D eigenvalue weighted by Gasteiger charge is 2.37. The molecule has 150 valence electrons. The third-order valence-corrected chi connectivity index (χ3v) is 6.06. The first kappa shape index (κ1) is 22.9. The van der Waals surface area contributed by atoms with E-state index in [0.717, 1.165) is 12.1 Å². The summed E-state index contributed by atoms with van der Waals surface area (Å²) in [7, 11) is -3.33. The van der Waals surface area contributed by atoms with Crippen molar-refractivity contribution in [2.75, 3.05) is 13.2 Å². The van der Waals surface area contributed by atoms with Gasteiger partial charge in [-0.2, -0.15) is 26.3 Å². The summed E-state index contributed by atoms with van der Waals surface area (Å²) in [6, 6.07) is 1.76. The van der Waals surface area contributed by atoms with Crippen LogP contribution in [0.4, 0.5) is 26.3 Å². The molecule has 0 fully saturated rings. The molecule has 0 aliphatic rings. The summed E-state index contributed by atoms with van der Waals surface area (Å²) in [4.78, 5) is 10.2. The minimum Gasteiger partial charge on any atom is -0.390 e. The molecule has 0 aromatic heterocycles. The van der Waals surface area contributed by atoms with E-state index in [1.54, 1.807) is 13.8 Å². The molecule has 0 atom stereocenters. The average molecular weight is 404 g/mol. The largest absolute Gasteiger partial charge is 0.498 e. The van der Waals surface area contributed by atoms with Crippen molar-refractivity contribution in [3.8, 4) is 0 Å². The molecule has 1 rings (SSSR count). The predicted molar refractivity (Wildman–Crippen MR) is 85.4 cm³/mol. The van der Waals surface area contributed by atoms with Crippen LogP contribution in [0.25, 0.3) is 0 Å². The van der Waals surface area contributed by atoms with Gasteiger partial charge in [-0.1, -0.05) is 0 Å². The molecule has 0 heterocycles. The monoisotopic (exact) mass is 404 g/mol. The lowest BCUT2D eigenvalue weighted by Gasteiger charge is -2.22. The van der Waals surface area contributed by atoms with Crippen LogP contribution < -0.4 is 0 Å². The third kappa shape index (κ3) is 7.26. The van der Waals surface area contributed by atoms with Crippen molar-refractivity contribution in [3.63, 3.8) is 0 Å². The first-order chi connectivity index (χ1) is 11.9. The second-order valence-corrected chi connectivity index (χ2v) is 8.20. The van der Waals surface area contributed by atoms with Gasteiger partial charge in [-0.25, -0.2) is 0 Å². The fourth-order valence-corrected chi connectivity index (χ4v) is 4.45. The Bertz CT molecular complexity index is 536. The summed E-state index contributed by atoms with van der Waals surface area (Å²) in [5, 5.41) is 0. The summed E-state index contributed by atoms with van der Waals surface area (Å²) < 4.78 is 87.4. The molecule has 26 heavy (non-hydrogen) atoms. The van der Waals surface area contributed by atoms with Crippen molar-refractivity contribution < 1.29 is 40.0 Å². The Morgan fingerprint density at radius 3 is 1.69 bits per heavy atom. The van der Waals surface area contributed by atoms with Gasteiger partial charge in [0.05, 0.1) is 11.1 Å². The molecular weight excluding hydrogens is 382 g/mol. The van der Waals surface area contributed by atoms with E-state index in [0.29, 0.717) is 12.8 Å². The summed E-state index contributed by atoms with van der Waals surface area (Å²) in [6.07, 6.45) is -9.02. The van der Waals surface area contributed by atoms with E-state index in [1.807, 2.05) is 0 Å². The smallest absolute Gasteiger partial charge is 0.390 e. The van der Waals surface area contributed by atoms with Gasteiger partial charge >= 0.3 is 21.2 Å². The van der Waals surface area contributed by atoms with Crippen LogP contribution in [0.15, 0.2) is 18.2 Å². The van der Waals surface area contributed by atoms with Crippen molar-refractivity contribution in [1.29, 1.82) is 0 Å². The van der Waals surface area contributed by atoms with Crippen LogP contribution >= 0.6 is 0 Å². The molecular formula is C16H22F6O3Si. The van der Waals surface area contributed by atoms with Crippen molar-refractivity contribution in [2.24, 2.45) is 0 Å². The maximum Gasteiger partial charge on any atom is 0.498 e. The maximum absolute atomic E-state index is 12.8. The zero-order valence-electron chi connectivity index (χ0n) is 14.5. The Morgan fingerprint density at radius 2 is 1.31 bits per heavy atom. The SMILES string of the molecule is CCO[Si](O)(CCCCc1cc(C(F)(F)F)cc(C(F)(F)F)c1)OCC. The van der Waals surface area contributed by atoms with Crippen LogP contribution in [0, 0.1) is 0 Å². The first-order valence-corrected chi connectivity index (χ1v) is 10.2. The highest BCUT2D eigenvalue weighted by Crippen LogP contribution is 2.36. The molecule has 0 aliphatic carbocycles. The van der Waals surface area contributed by atoms with Gasteiger partial charge in [0.25, 0.3) is 0 Å². The number of halogens is 6. The average Bonchev–Trinajstić information content (AvgIpc) is 2.50. The molecule has 0 aliphatic heterocycles. The topological polar surface area (TPSA) is 38.7 Å². The summed E-state index contributed by atoms with van der Waals surface area (Å²) >= 11 is 0. The summed E-state index contributed by atoms with van der Waals surface area (Å²) in [5.41, 5.74) is -2.70. The van der Waals surface area contributed by atoms with Gasteiger partial charge in [0.15, 0.2) is 0 Å². The van der Waals surface area contributed by atoms with Crippen molar-refractivity contribution in [1.82, 2.24) is 0 Å². The van der Waals surface area contributed by atoms with Gasteiger partial charge in [-0.05, 0) is 56.9 Å². The highest BCUT2D eigenvalue weighted by atomic mass is 28.4. The van der Waals surface area contributed by atoms with E-state index in [1.165, 1.54) is 0 Å². The highest BCUT2D eigenvalue weighted by molar-refractivity contribution is 6.59. The van der Waals surface area contributed by atoms with Crippen molar-refractivity contribution in [3.05, 3.63) is 34.9 Å². The minimum absolute atomic E-state index is 0.0235. The van der Waals surface area contributed by atoms with Gasteiger partial charge in [0.1, 0.15) is 0 Å². The van der Waals surface area contributed by atoms with Gasteiger partial charge in [-0.3, -0.25) is 0 Å². The minimum atomic E-state index is -4.85. The van der Waals surface area contributed by atoms with Gasteiger partial charge < -0.3 is 13.6 Å². The van der Waals surface area contributed by atoms with Crippen LogP contribution in [0.5, 0.6) is 0 Å². The number of hydrogen-bond acceptors (Lipinski definition) is 3. The number of unbranched alkanes of at least 4 members (excludes halogenated alkanes) is 1. The second-order valence-electron chi connectivity index (χ2n) is 5.70. The fourth-order valence-electron chi connectivity index (χ4n) is 2.48. The van der Waals surface area contributed by atoms with Crippen LogP contribution in [0.3, 0.4) is 0 Å².